The smallest absolute Gasteiger partial charge is 0.224 e. The summed E-state index contributed by atoms with van der Waals surface area (Å²) in [4.78, 5) is 27.4. The van der Waals surface area contributed by atoms with Crippen molar-refractivity contribution in [2.75, 3.05) is 24.6 Å². The van der Waals surface area contributed by atoms with Crippen LogP contribution in [0.5, 0.6) is 0 Å². The zero-order valence-electron chi connectivity index (χ0n) is 31.0. The SMILES string of the molecule is C[C@@H](c1ccccc1)N(C)C[C@@H]1C[C@H](c2ccc(CO)cc2)O[C@H](c2ccc(-c3ccccc3CNC(=O)CCCC(=O)Nc3ccccc3N)cc2)O1. The van der Waals surface area contributed by atoms with Crippen molar-refractivity contribution in [2.45, 2.75) is 70.3 Å². The van der Waals surface area contributed by atoms with Gasteiger partial charge in [0.25, 0.3) is 0 Å². The van der Waals surface area contributed by atoms with Gasteiger partial charge in [0.15, 0.2) is 6.29 Å². The molecule has 1 saturated heterocycles. The predicted octanol–water partition coefficient (Wildman–Crippen LogP) is 8.09. The molecule has 280 valence electrons. The van der Waals surface area contributed by atoms with E-state index in [0.29, 0.717) is 30.8 Å². The van der Waals surface area contributed by atoms with Crippen molar-refractivity contribution in [3.05, 3.63) is 155 Å². The van der Waals surface area contributed by atoms with Crippen molar-refractivity contribution < 1.29 is 24.2 Å². The van der Waals surface area contributed by atoms with Gasteiger partial charge in [-0.1, -0.05) is 115 Å². The van der Waals surface area contributed by atoms with Crippen molar-refractivity contribution in [2.24, 2.45) is 0 Å². The zero-order chi connectivity index (χ0) is 37.9. The summed E-state index contributed by atoms with van der Waals surface area (Å²) in [5, 5.41) is 15.4. The molecule has 0 aromatic heterocycles. The molecule has 9 heteroatoms. The lowest BCUT2D eigenvalue weighted by Gasteiger charge is -2.39. The number of rotatable bonds is 15. The number of hydrogen-bond donors (Lipinski definition) is 4. The third-order valence-corrected chi connectivity index (χ3v) is 10.1. The van der Waals surface area contributed by atoms with Gasteiger partial charge < -0.3 is 30.9 Å². The van der Waals surface area contributed by atoms with E-state index in [1.165, 1.54) is 5.56 Å². The third kappa shape index (κ3) is 10.2. The second kappa shape index (κ2) is 18.6. The normalized spacial score (nSPS) is 17.5. The van der Waals surface area contributed by atoms with Crippen LogP contribution in [0.3, 0.4) is 0 Å². The molecule has 4 atom stereocenters. The van der Waals surface area contributed by atoms with Gasteiger partial charge in [0.2, 0.25) is 11.8 Å². The number of carbonyl (C=O) groups excluding carboxylic acids is 2. The first-order valence-electron chi connectivity index (χ1n) is 18.6. The fourth-order valence-electron chi connectivity index (χ4n) is 6.79. The lowest BCUT2D eigenvalue weighted by atomic mass is 9.97. The van der Waals surface area contributed by atoms with Gasteiger partial charge >= 0.3 is 0 Å². The van der Waals surface area contributed by atoms with Gasteiger partial charge in [-0.3, -0.25) is 14.5 Å². The molecule has 2 amide bonds. The predicted molar refractivity (Wildman–Crippen MR) is 213 cm³/mol. The maximum Gasteiger partial charge on any atom is 0.224 e. The van der Waals surface area contributed by atoms with E-state index >= 15 is 0 Å². The van der Waals surface area contributed by atoms with Crippen LogP contribution in [0.15, 0.2) is 127 Å². The van der Waals surface area contributed by atoms with Gasteiger partial charge in [-0.25, -0.2) is 0 Å². The Morgan fingerprint density at radius 1 is 0.815 bits per heavy atom. The average molecular weight is 727 g/mol. The van der Waals surface area contributed by atoms with Crippen molar-refractivity contribution >= 4 is 23.2 Å². The Kier molecular flexibility index (Phi) is 13.2. The molecule has 5 aromatic carbocycles. The number of anilines is 2. The minimum atomic E-state index is -0.567. The first kappa shape index (κ1) is 38.4. The van der Waals surface area contributed by atoms with Gasteiger partial charge in [0.1, 0.15) is 0 Å². The Hall–Kier alpha value is -5.32. The average Bonchev–Trinajstić information content (AvgIpc) is 3.21. The molecular formula is C45H50N4O5. The molecule has 9 nitrogen and oxygen atoms in total. The highest BCUT2D eigenvalue weighted by Crippen LogP contribution is 2.39. The number of para-hydroxylation sites is 2. The van der Waals surface area contributed by atoms with Crippen molar-refractivity contribution in [3.8, 4) is 11.1 Å². The van der Waals surface area contributed by atoms with Crippen LogP contribution in [0.4, 0.5) is 11.4 Å². The lowest BCUT2D eigenvalue weighted by molar-refractivity contribution is -0.253. The standard InChI is InChI=1S/C45H50N4O5/c1-31(33-11-4-3-5-12-33)49(2)29-38-27-42(35-21-19-32(30-50)20-22-35)54-45(53-38)36-25-23-34(24-26-36)39-14-7-6-13-37(39)28-47-43(51)17-10-18-44(52)48-41-16-9-8-15-40(41)46/h3-9,11-16,19-26,31,38,42,45,50H,10,17-18,27-30,46H2,1-2H3,(H,47,51)(H,48,52)/t31-,38-,42+,45+/m0/s1. The van der Waals surface area contributed by atoms with Crippen LogP contribution < -0.4 is 16.4 Å². The summed E-state index contributed by atoms with van der Waals surface area (Å²) in [5.41, 5.74) is 14.1. The van der Waals surface area contributed by atoms with E-state index in [-0.39, 0.29) is 49.5 Å². The number of aliphatic hydroxyl groups excluding tert-OH is 1. The summed E-state index contributed by atoms with van der Waals surface area (Å²) in [5.74, 6) is -0.288. The molecule has 0 radical (unpaired) electrons. The van der Waals surface area contributed by atoms with Crippen molar-refractivity contribution in [1.82, 2.24) is 10.2 Å². The number of benzene rings is 5. The molecule has 0 bridgehead atoms. The largest absolute Gasteiger partial charge is 0.397 e. The summed E-state index contributed by atoms with van der Waals surface area (Å²) >= 11 is 0. The van der Waals surface area contributed by atoms with E-state index < -0.39 is 6.29 Å². The molecule has 0 saturated carbocycles. The number of nitrogens with one attached hydrogen (secondary N) is 2. The van der Waals surface area contributed by atoms with Crippen LogP contribution in [0.25, 0.3) is 11.1 Å². The molecule has 5 N–H and O–H groups in total. The van der Waals surface area contributed by atoms with Crippen molar-refractivity contribution in [3.63, 3.8) is 0 Å². The molecular weight excluding hydrogens is 677 g/mol. The van der Waals surface area contributed by atoms with E-state index in [1.54, 1.807) is 12.1 Å². The van der Waals surface area contributed by atoms with E-state index in [4.69, 9.17) is 15.2 Å². The minimum Gasteiger partial charge on any atom is -0.397 e. The number of nitrogen functional groups attached to an aromatic ring is 1. The highest BCUT2D eigenvalue weighted by Gasteiger charge is 2.33. The zero-order valence-corrected chi connectivity index (χ0v) is 31.0. The van der Waals surface area contributed by atoms with Crippen LogP contribution in [-0.2, 0) is 32.2 Å². The van der Waals surface area contributed by atoms with Crippen LogP contribution in [-0.4, -0.2) is 41.5 Å². The fraction of sp³-hybridized carbons (Fsp3) is 0.289. The summed E-state index contributed by atoms with van der Waals surface area (Å²) in [6.45, 7) is 3.31. The number of hydrogen-bond acceptors (Lipinski definition) is 7. The van der Waals surface area contributed by atoms with E-state index in [9.17, 15) is 14.7 Å². The summed E-state index contributed by atoms with van der Waals surface area (Å²) in [6.07, 6.45) is 0.768. The first-order chi connectivity index (χ1) is 26.3. The Morgan fingerprint density at radius 2 is 1.48 bits per heavy atom. The summed E-state index contributed by atoms with van der Waals surface area (Å²) in [6, 6.07) is 42.0. The Balaban J connectivity index is 1.09. The molecule has 0 aliphatic carbocycles. The van der Waals surface area contributed by atoms with Gasteiger partial charge in [-0.05, 0) is 65.9 Å². The van der Waals surface area contributed by atoms with E-state index in [1.807, 2.05) is 72.8 Å². The van der Waals surface area contributed by atoms with E-state index in [0.717, 1.165) is 39.9 Å². The van der Waals surface area contributed by atoms with Crippen molar-refractivity contribution in [1.29, 1.82) is 0 Å². The van der Waals surface area contributed by atoms with E-state index in [2.05, 4.69) is 72.0 Å². The first-order valence-corrected chi connectivity index (χ1v) is 18.6. The van der Waals surface area contributed by atoms with Gasteiger partial charge in [0, 0.05) is 44.0 Å². The second-order valence-corrected chi connectivity index (χ2v) is 13.9. The molecule has 1 aliphatic rings. The maximum atomic E-state index is 12.7. The molecule has 0 unspecified atom stereocenters. The third-order valence-electron chi connectivity index (χ3n) is 10.1. The van der Waals surface area contributed by atoms with Gasteiger partial charge in [-0.15, -0.1) is 0 Å². The molecule has 54 heavy (non-hydrogen) atoms. The highest BCUT2D eigenvalue weighted by atomic mass is 16.7. The molecule has 1 fully saturated rings. The molecule has 5 aromatic rings. The number of amides is 2. The van der Waals surface area contributed by atoms with Gasteiger partial charge in [-0.2, -0.15) is 0 Å². The fourth-order valence-corrected chi connectivity index (χ4v) is 6.79. The quantitative estimate of drug-likeness (QED) is 0.0804. The number of carbonyl (C=O) groups is 2. The highest BCUT2D eigenvalue weighted by molar-refractivity contribution is 5.94. The summed E-state index contributed by atoms with van der Waals surface area (Å²) < 4.78 is 13.3. The van der Waals surface area contributed by atoms with Crippen LogP contribution in [0, 0.1) is 0 Å². The molecule has 1 aliphatic heterocycles. The Labute approximate surface area is 318 Å². The second-order valence-electron chi connectivity index (χ2n) is 13.9. The minimum absolute atomic E-state index is 0.00358. The van der Waals surface area contributed by atoms with Crippen LogP contribution in [0.1, 0.15) is 78.9 Å². The Morgan fingerprint density at radius 3 is 2.22 bits per heavy atom. The molecule has 1 heterocycles. The molecule has 6 rings (SSSR count). The topological polar surface area (TPSA) is 126 Å². The lowest BCUT2D eigenvalue weighted by Crippen LogP contribution is -2.38. The monoisotopic (exact) mass is 726 g/mol. The van der Waals surface area contributed by atoms with Crippen LogP contribution >= 0.6 is 0 Å². The van der Waals surface area contributed by atoms with Crippen LogP contribution in [0.2, 0.25) is 0 Å². The number of likely N-dealkylation sites (N-methyl/N-ethyl adjacent to an activating group) is 1. The number of nitrogens with zero attached hydrogens (tertiary/aromatic N) is 1. The Bertz CT molecular complexity index is 1970. The number of aliphatic hydroxyl groups is 1. The maximum absolute atomic E-state index is 12.7. The molecule has 0 spiro atoms. The summed E-state index contributed by atoms with van der Waals surface area (Å²) in [7, 11) is 2.13. The number of nitrogens with two attached hydrogens (primary N) is 1. The number of ether oxygens (including phenoxy) is 2. The van der Waals surface area contributed by atoms with Gasteiger partial charge in [0.05, 0.1) is 30.2 Å².